The van der Waals surface area contributed by atoms with Gasteiger partial charge >= 0.3 is 6.03 Å². The number of hydrogen-bond donors (Lipinski definition) is 3. The number of carbonyl (C=O) groups is 1. The molecule has 0 aliphatic carbocycles. The van der Waals surface area contributed by atoms with E-state index in [1.807, 2.05) is 24.3 Å². The molecule has 0 unspecified atom stereocenters. The summed E-state index contributed by atoms with van der Waals surface area (Å²) in [5, 5.41) is 14.2. The molecule has 102 valence electrons. The Bertz CT molecular complexity index is 443. The maximum atomic E-state index is 11.5. The third kappa shape index (κ3) is 6.49. The van der Waals surface area contributed by atoms with Gasteiger partial charge < -0.3 is 15.7 Å². The monoisotopic (exact) mass is 260 g/mol. The van der Waals surface area contributed by atoms with Crippen LogP contribution < -0.4 is 10.6 Å². The number of nitrogens with one attached hydrogen (secondary N) is 2. The number of amides is 2. The van der Waals surface area contributed by atoms with Gasteiger partial charge in [0, 0.05) is 24.2 Å². The third-order valence-corrected chi connectivity index (χ3v) is 2.43. The predicted octanol–water partition coefficient (Wildman–Crippen LogP) is 2.34. The normalized spacial score (nSPS) is 9.37. The number of carbonyl (C=O) groups excluding carboxylic acids is 1. The fourth-order valence-corrected chi connectivity index (χ4v) is 1.41. The first-order chi connectivity index (χ1) is 9.26. The maximum Gasteiger partial charge on any atom is 0.319 e. The minimum atomic E-state index is -0.187. The summed E-state index contributed by atoms with van der Waals surface area (Å²) in [6.45, 7) is 2.84. The Hall–Kier alpha value is -1.99. The summed E-state index contributed by atoms with van der Waals surface area (Å²) in [4.78, 5) is 11.5. The predicted molar refractivity (Wildman–Crippen MR) is 77.0 cm³/mol. The van der Waals surface area contributed by atoms with Crippen LogP contribution in [0.3, 0.4) is 0 Å². The van der Waals surface area contributed by atoms with Gasteiger partial charge in [-0.3, -0.25) is 0 Å². The van der Waals surface area contributed by atoms with Gasteiger partial charge in [0.2, 0.25) is 0 Å². The van der Waals surface area contributed by atoms with Crippen LogP contribution in [0.1, 0.15) is 31.7 Å². The molecule has 0 saturated heterocycles. The highest BCUT2D eigenvalue weighted by Gasteiger charge is 1.99. The van der Waals surface area contributed by atoms with E-state index in [-0.39, 0.29) is 12.6 Å². The minimum absolute atomic E-state index is 0.0740. The number of urea groups is 1. The van der Waals surface area contributed by atoms with Crippen LogP contribution in [-0.2, 0) is 0 Å². The lowest BCUT2D eigenvalue weighted by Gasteiger charge is -2.06. The molecule has 1 aromatic carbocycles. The van der Waals surface area contributed by atoms with Crippen molar-refractivity contribution in [1.29, 1.82) is 0 Å². The van der Waals surface area contributed by atoms with Crippen LogP contribution in [0, 0.1) is 11.8 Å². The van der Waals surface area contributed by atoms with Crippen molar-refractivity contribution < 1.29 is 9.90 Å². The molecule has 2 amide bonds. The van der Waals surface area contributed by atoms with Crippen LogP contribution in [0.5, 0.6) is 0 Å². The summed E-state index contributed by atoms with van der Waals surface area (Å²) in [5.74, 6) is 5.78. The van der Waals surface area contributed by atoms with Gasteiger partial charge in [0.05, 0.1) is 6.61 Å². The molecule has 0 fully saturated rings. The van der Waals surface area contributed by atoms with Crippen molar-refractivity contribution in [3.8, 4) is 11.8 Å². The Kier molecular flexibility index (Phi) is 7.14. The summed E-state index contributed by atoms with van der Waals surface area (Å²) < 4.78 is 0. The van der Waals surface area contributed by atoms with Crippen molar-refractivity contribution in [2.75, 3.05) is 18.5 Å². The van der Waals surface area contributed by atoms with Crippen LogP contribution in [0.15, 0.2) is 24.3 Å². The van der Waals surface area contributed by atoms with E-state index >= 15 is 0 Å². The molecule has 0 radical (unpaired) electrons. The van der Waals surface area contributed by atoms with Crippen LogP contribution in [0.25, 0.3) is 0 Å². The van der Waals surface area contributed by atoms with Crippen molar-refractivity contribution in [1.82, 2.24) is 5.32 Å². The molecule has 4 heteroatoms. The number of unbranched alkanes of at least 4 members (excludes halogenated alkanes) is 1. The van der Waals surface area contributed by atoms with E-state index in [9.17, 15) is 4.79 Å². The Balaban J connectivity index is 2.44. The van der Waals surface area contributed by atoms with Gasteiger partial charge in [-0.2, -0.15) is 0 Å². The van der Waals surface area contributed by atoms with Gasteiger partial charge in [0.15, 0.2) is 0 Å². The van der Waals surface area contributed by atoms with Crippen molar-refractivity contribution in [2.45, 2.75) is 26.2 Å². The highest BCUT2D eigenvalue weighted by Crippen LogP contribution is 2.08. The number of rotatable bonds is 5. The summed E-state index contributed by atoms with van der Waals surface area (Å²) in [7, 11) is 0. The van der Waals surface area contributed by atoms with Gasteiger partial charge in [-0.1, -0.05) is 25.2 Å². The molecule has 4 nitrogen and oxygen atoms in total. The molecule has 3 N–H and O–H groups in total. The Labute approximate surface area is 114 Å². The number of aliphatic hydroxyl groups excluding tert-OH is 1. The lowest BCUT2D eigenvalue weighted by molar-refractivity contribution is 0.252. The zero-order chi connectivity index (χ0) is 13.9. The van der Waals surface area contributed by atoms with Crippen molar-refractivity contribution in [2.24, 2.45) is 0 Å². The van der Waals surface area contributed by atoms with Crippen molar-refractivity contribution >= 4 is 11.7 Å². The first-order valence-corrected chi connectivity index (χ1v) is 6.51. The average Bonchev–Trinajstić information content (AvgIpc) is 2.41. The molecule has 0 heterocycles. The number of aliphatic hydroxyl groups is 1. The largest absolute Gasteiger partial charge is 0.395 e. The average molecular weight is 260 g/mol. The molecule has 0 saturated carbocycles. The Morgan fingerprint density at radius 3 is 2.68 bits per heavy atom. The standard InChI is InChI=1S/C15H20N2O2/c1-2-3-11-16-15(19)17-14-9-7-13(8-10-14)6-4-5-12-18/h7-10,18H,2-3,5,11-12H2,1H3,(H2,16,17,19). The smallest absolute Gasteiger partial charge is 0.319 e. The summed E-state index contributed by atoms with van der Waals surface area (Å²) in [5.41, 5.74) is 1.60. The van der Waals surface area contributed by atoms with E-state index in [1.54, 1.807) is 0 Å². The van der Waals surface area contributed by atoms with Gasteiger partial charge in [0.1, 0.15) is 0 Å². The van der Waals surface area contributed by atoms with Crippen LogP contribution in [0.4, 0.5) is 10.5 Å². The third-order valence-electron chi connectivity index (χ3n) is 2.43. The van der Waals surface area contributed by atoms with Gasteiger partial charge in [0.25, 0.3) is 0 Å². The lowest BCUT2D eigenvalue weighted by atomic mass is 10.2. The number of anilines is 1. The zero-order valence-corrected chi connectivity index (χ0v) is 11.2. The molecule has 19 heavy (non-hydrogen) atoms. The minimum Gasteiger partial charge on any atom is -0.395 e. The van der Waals surface area contributed by atoms with E-state index < -0.39 is 0 Å². The lowest BCUT2D eigenvalue weighted by Crippen LogP contribution is -2.29. The van der Waals surface area contributed by atoms with E-state index in [2.05, 4.69) is 29.4 Å². The highest BCUT2D eigenvalue weighted by molar-refractivity contribution is 5.89. The molecule has 0 atom stereocenters. The van der Waals surface area contributed by atoms with E-state index in [0.717, 1.165) is 24.1 Å². The van der Waals surface area contributed by atoms with Crippen LogP contribution in [0.2, 0.25) is 0 Å². The molecule has 0 bridgehead atoms. The van der Waals surface area contributed by atoms with Gasteiger partial charge in [-0.25, -0.2) is 4.79 Å². The van der Waals surface area contributed by atoms with Crippen LogP contribution in [-0.4, -0.2) is 24.3 Å². The molecule has 1 aromatic rings. The molecule has 0 aliphatic heterocycles. The molecule has 0 aliphatic rings. The molecule has 1 rings (SSSR count). The second-order valence-electron chi connectivity index (χ2n) is 4.09. The highest BCUT2D eigenvalue weighted by atomic mass is 16.2. The topological polar surface area (TPSA) is 61.4 Å². The summed E-state index contributed by atoms with van der Waals surface area (Å²) in [6, 6.07) is 7.11. The van der Waals surface area contributed by atoms with E-state index in [4.69, 9.17) is 5.11 Å². The van der Waals surface area contributed by atoms with E-state index in [1.165, 1.54) is 0 Å². The van der Waals surface area contributed by atoms with Gasteiger partial charge in [-0.15, -0.1) is 0 Å². The van der Waals surface area contributed by atoms with Crippen molar-refractivity contribution in [3.05, 3.63) is 29.8 Å². The number of benzene rings is 1. The SMILES string of the molecule is CCCCNC(=O)Nc1ccc(C#CCCO)cc1. The molecule has 0 aromatic heterocycles. The first kappa shape index (κ1) is 15.1. The second kappa shape index (κ2) is 9.01. The summed E-state index contributed by atoms with van der Waals surface area (Å²) in [6.07, 6.45) is 2.51. The second-order valence-corrected chi connectivity index (χ2v) is 4.09. The van der Waals surface area contributed by atoms with Crippen molar-refractivity contribution in [3.63, 3.8) is 0 Å². The molecular weight excluding hydrogens is 240 g/mol. The zero-order valence-electron chi connectivity index (χ0n) is 11.2. The van der Waals surface area contributed by atoms with Crippen LogP contribution >= 0.6 is 0 Å². The summed E-state index contributed by atoms with van der Waals surface area (Å²) >= 11 is 0. The van der Waals surface area contributed by atoms with Gasteiger partial charge in [-0.05, 0) is 30.7 Å². The maximum absolute atomic E-state index is 11.5. The molecule has 0 spiro atoms. The first-order valence-electron chi connectivity index (χ1n) is 6.51. The number of hydrogen-bond acceptors (Lipinski definition) is 2. The Morgan fingerprint density at radius 1 is 1.32 bits per heavy atom. The fourth-order valence-electron chi connectivity index (χ4n) is 1.41. The quantitative estimate of drug-likeness (QED) is 0.562. The fraction of sp³-hybridized carbons (Fsp3) is 0.400. The molecular formula is C15H20N2O2. The van der Waals surface area contributed by atoms with E-state index in [0.29, 0.717) is 13.0 Å². The Morgan fingerprint density at radius 2 is 2.05 bits per heavy atom.